The van der Waals surface area contributed by atoms with Crippen LogP contribution in [-0.4, -0.2) is 0 Å². The third kappa shape index (κ3) is 3.04. The zero-order valence-corrected chi connectivity index (χ0v) is 12.3. The average Bonchev–Trinajstić information content (AvgIpc) is 2.41. The highest BCUT2D eigenvalue weighted by Gasteiger charge is 2.18. The first-order valence-corrected chi connectivity index (χ1v) is 6.83. The molecule has 0 amide bonds. The molecule has 0 aromatic heterocycles. The molecule has 2 aromatic rings. The van der Waals surface area contributed by atoms with Crippen molar-refractivity contribution in [2.75, 3.05) is 0 Å². The summed E-state index contributed by atoms with van der Waals surface area (Å²) in [6.45, 7) is 1.78. The zero-order chi connectivity index (χ0) is 14.9. The Morgan fingerprint density at radius 1 is 1.15 bits per heavy atom. The molecular weight excluding hydrogens is 331 g/mol. The summed E-state index contributed by atoms with van der Waals surface area (Å²) < 4.78 is 41.0. The molecule has 20 heavy (non-hydrogen) atoms. The van der Waals surface area contributed by atoms with Gasteiger partial charge in [-0.25, -0.2) is 13.2 Å². The summed E-state index contributed by atoms with van der Waals surface area (Å²) in [7, 11) is 0. The van der Waals surface area contributed by atoms with E-state index in [1.54, 1.807) is 13.0 Å². The van der Waals surface area contributed by atoms with Crippen LogP contribution in [0.2, 0.25) is 0 Å². The van der Waals surface area contributed by atoms with Gasteiger partial charge in [0.25, 0.3) is 0 Å². The second-order valence-electron chi connectivity index (χ2n) is 4.63. The molecule has 106 valence electrons. The minimum Gasteiger partial charge on any atom is -0.324 e. The molecule has 0 fully saturated rings. The fourth-order valence-corrected chi connectivity index (χ4v) is 2.47. The molecular formula is C15H13BrF3N. The van der Waals surface area contributed by atoms with Crippen molar-refractivity contribution in [2.24, 2.45) is 5.73 Å². The fourth-order valence-electron chi connectivity index (χ4n) is 2.10. The van der Waals surface area contributed by atoms with Crippen LogP contribution in [0, 0.1) is 24.4 Å². The SMILES string of the molecule is Cc1ccc(F)cc1C(N)Cc1c(F)ccc(Br)c1F. The average molecular weight is 344 g/mol. The lowest BCUT2D eigenvalue weighted by Crippen LogP contribution is -2.17. The third-order valence-corrected chi connectivity index (χ3v) is 3.82. The van der Waals surface area contributed by atoms with Crippen molar-refractivity contribution < 1.29 is 13.2 Å². The van der Waals surface area contributed by atoms with Gasteiger partial charge in [0.1, 0.15) is 17.5 Å². The zero-order valence-electron chi connectivity index (χ0n) is 10.8. The van der Waals surface area contributed by atoms with Crippen molar-refractivity contribution in [3.63, 3.8) is 0 Å². The van der Waals surface area contributed by atoms with Gasteiger partial charge in [0.05, 0.1) is 4.47 Å². The Hall–Kier alpha value is -1.33. The summed E-state index contributed by atoms with van der Waals surface area (Å²) in [5.74, 6) is -1.75. The summed E-state index contributed by atoms with van der Waals surface area (Å²) >= 11 is 3.01. The summed E-state index contributed by atoms with van der Waals surface area (Å²) in [5, 5.41) is 0. The van der Waals surface area contributed by atoms with E-state index in [-0.39, 0.29) is 16.5 Å². The van der Waals surface area contributed by atoms with Gasteiger partial charge in [-0.3, -0.25) is 0 Å². The molecule has 0 saturated heterocycles. The van der Waals surface area contributed by atoms with Crippen LogP contribution in [0.3, 0.4) is 0 Å². The number of nitrogens with two attached hydrogens (primary N) is 1. The quantitative estimate of drug-likeness (QED) is 0.820. The van der Waals surface area contributed by atoms with Gasteiger partial charge in [-0.05, 0) is 64.7 Å². The largest absolute Gasteiger partial charge is 0.324 e. The Morgan fingerprint density at radius 2 is 1.85 bits per heavy atom. The molecule has 0 bridgehead atoms. The lowest BCUT2D eigenvalue weighted by molar-refractivity contribution is 0.534. The van der Waals surface area contributed by atoms with Crippen LogP contribution >= 0.6 is 15.9 Å². The molecule has 0 aliphatic carbocycles. The molecule has 0 saturated carbocycles. The number of halogens is 4. The van der Waals surface area contributed by atoms with Crippen molar-refractivity contribution in [3.05, 3.63) is 68.9 Å². The van der Waals surface area contributed by atoms with Crippen molar-refractivity contribution in [1.29, 1.82) is 0 Å². The van der Waals surface area contributed by atoms with E-state index in [2.05, 4.69) is 15.9 Å². The van der Waals surface area contributed by atoms with E-state index >= 15 is 0 Å². The second-order valence-corrected chi connectivity index (χ2v) is 5.49. The Balaban J connectivity index is 2.35. The Morgan fingerprint density at radius 3 is 2.55 bits per heavy atom. The summed E-state index contributed by atoms with van der Waals surface area (Å²) in [6, 6.07) is 6.02. The standard InChI is InChI=1S/C15H13BrF3N/c1-8-2-3-9(17)6-10(8)14(20)7-11-13(18)5-4-12(16)15(11)19/h2-6,14H,7,20H2,1H3. The van der Waals surface area contributed by atoms with E-state index in [0.29, 0.717) is 5.56 Å². The predicted molar refractivity (Wildman–Crippen MR) is 75.8 cm³/mol. The van der Waals surface area contributed by atoms with Crippen LogP contribution < -0.4 is 5.73 Å². The van der Waals surface area contributed by atoms with Gasteiger partial charge in [0.15, 0.2) is 0 Å². The first-order valence-electron chi connectivity index (χ1n) is 6.04. The maximum absolute atomic E-state index is 13.9. The highest BCUT2D eigenvalue weighted by Crippen LogP contribution is 2.27. The van der Waals surface area contributed by atoms with Crippen LogP contribution in [0.1, 0.15) is 22.7 Å². The number of hydrogen-bond acceptors (Lipinski definition) is 1. The Labute approximate surface area is 123 Å². The summed E-state index contributed by atoms with van der Waals surface area (Å²) in [6.07, 6.45) is -0.0403. The van der Waals surface area contributed by atoms with Crippen molar-refractivity contribution in [3.8, 4) is 0 Å². The van der Waals surface area contributed by atoms with E-state index in [1.807, 2.05) is 0 Å². The maximum atomic E-state index is 13.9. The molecule has 1 atom stereocenters. The smallest absolute Gasteiger partial charge is 0.143 e. The van der Waals surface area contributed by atoms with Gasteiger partial charge < -0.3 is 5.73 Å². The van der Waals surface area contributed by atoms with Crippen molar-refractivity contribution in [1.82, 2.24) is 0 Å². The van der Waals surface area contributed by atoms with Crippen molar-refractivity contribution in [2.45, 2.75) is 19.4 Å². The maximum Gasteiger partial charge on any atom is 0.143 e. The highest BCUT2D eigenvalue weighted by atomic mass is 79.9. The van der Waals surface area contributed by atoms with Gasteiger partial charge in [0, 0.05) is 11.6 Å². The number of rotatable bonds is 3. The number of hydrogen-bond donors (Lipinski definition) is 1. The molecule has 0 spiro atoms. The molecule has 2 rings (SSSR count). The fraction of sp³-hybridized carbons (Fsp3) is 0.200. The Bertz CT molecular complexity index is 643. The van der Waals surface area contributed by atoms with Crippen LogP contribution in [0.5, 0.6) is 0 Å². The molecule has 2 aromatic carbocycles. The lowest BCUT2D eigenvalue weighted by Gasteiger charge is -2.16. The van der Waals surface area contributed by atoms with Crippen molar-refractivity contribution >= 4 is 15.9 Å². The lowest BCUT2D eigenvalue weighted by atomic mass is 9.95. The number of aryl methyl sites for hydroxylation is 1. The minimum absolute atomic E-state index is 0.0403. The van der Waals surface area contributed by atoms with Gasteiger partial charge in [-0.1, -0.05) is 6.07 Å². The molecule has 0 radical (unpaired) electrons. The molecule has 0 aliphatic heterocycles. The van der Waals surface area contributed by atoms with E-state index in [1.165, 1.54) is 24.3 Å². The van der Waals surface area contributed by atoms with Crippen LogP contribution in [0.4, 0.5) is 13.2 Å². The molecule has 2 N–H and O–H groups in total. The molecule has 1 nitrogen and oxygen atoms in total. The normalized spacial score (nSPS) is 12.5. The predicted octanol–water partition coefficient (Wildman–Crippen LogP) is 4.42. The van der Waals surface area contributed by atoms with E-state index in [0.717, 1.165) is 5.56 Å². The Kier molecular flexibility index (Phi) is 4.50. The van der Waals surface area contributed by atoms with Crippen LogP contribution in [0.15, 0.2) is 34.8 Å². The number of benzene rings is 2. The van der Waals surface area contributed by atoms with E-state index in [9.17, 15) is 13.2 Å². The van der Waals surface area contributed by atoms with Gasteiger partial charge >= 0.3 is 0 Å². The first-order chi connectivity index (χ1) is 9.40. The molecule has 0 aliphatic rings. The second kappa shape index (κ2) is 5.97. The monoisotopic (exact) mass is 343 g/mol. The molecule has 5 heteroatoms. The minimum atomic E-state index is -0.677. The van der Waals surface area contributed by atoms with Gasteiger partial charge in [-0.15, -0.1) is 0 Å². The molecule has 1 unspecified atom stereocenters. The first kappa shape index (κ1) is 15.1. The summed E-state index contributed by atoms with van der Waals surface area (Å²) in [5.41, 5.74) is 7.20. The van der Waals surface area contributed by atoms with Gasteiger partial charge in [-0.2, -0.15) is 0 Å². The van der Waals surface area contributed by atoms with E-state index in [4.69, 9.17) is 5.73 Å². The topological polar surface area (TPSA) is 26.0 Å². The van der Waals surface area contributed by atoms with Gasteiger partial charge in [0.2, 0.25) is 0 Å². The third-order valence-electron chi connectivity index (χ3n) is 3.20. The van der Waals surface area contributed by atoms with Crippen LogP contribution in [0.25, 0.3) is 0 Å². The summed E-state index contributed by atoms with van der Waals surface area (Å²) in [4.78, 5) is 0. The van der Waals surface area contributed by atoms with Crippen LogP contribution in [-0.2, 0) is 6.42 Å². The highest BCUT2D eigenvalue weighted by molar-refractivity contribution is 9.10. The molecule has 0 heterocycles. The van der Waals surface area contributed by atoms with E-state index < -0.39 is 23.5 Å².